The topological polar surface area (TPSA) is 194 Å². The molecule has 4 aromatic rings. The number of hydrogen-bond acceptors (Lipinski definition) is 12. The van der Waals surface area contributed by atoms with Gasteiger partial charge in [0.05, 0.1) is 27.7 Å². The first kappa shape index (κ1) is 23.5. The first-order chi connectivity index (χ1) is 17.4. The van der Waals surface area contributed by atoms with E-state index in [1.165, 1.54) is 0 Å². The van der Waals surface area contributed by atoms with E-state index in [-0.39, 0.29) is 23.4 Å². The molecule has 4 rings (SSSR count). The normalized spacial score (nSPS) is 10.7. The molecule has 0 saturated heterocycles. The van der Waals surface area contributed by atoms with Crippen molar-refractivity contribution in [2.45, 2.75) is 0 Å². The quantitative estimate of drug-likeness (QED) is 0.149. The van der Waals surface area contributed by atoms with E-state index in [4.69, 9.17) is 0 Å². The number of phenolic OH excluding ortho intramolecular Hbond substituents is 1. The van der Waals surface area contributed by atoms with Crippen molar-refractivity contribution in [1.29, 1.82) is 0 Å². The number of anilines is 5. The number of hydrazone groups is 1. The van der Waals surface area contributed by atoms with Gasteiger partial charge in [-0.2, -0.15) is 20.1 Å². The van der Waals surface area contributed by atoms with Gasteiger partial charge in [0.25, 0.3) is 5.69 Å². The van der Waals surface area contributed by atoms with Crippen LogP contribution in [-0.2, 0) is 0 Å². The molecule has 0 fully saturated rings. The molecular weight excluding hydrogens is 470 g/mol. The highest BCUT2D eigenvalue weighted by Crippen LogP contribution is 2.33. The van der Waals surface area contributed by atoms with Gasteiger partial charge >= 0.3 is 5.69 Å². The Morgan fingerprint density at radius 2 is 1.31 bits per heavy atom. The molecule has 14 heteroatoms. The number of non-ortho nitro benzene ring substituents is 1. The number of benzene rings is 3. The Bertz CT molecular complexity index is 1370. The van der Waals surface area contributed by atoms with Crippen molar-refractivity contribution in [3.05, 3.63) is 98.6 Å². The van der Waals surface area contributed by atoms with Crippen LogP contribution in [0.5, 0.6) is 5.75 Å². The molecule has 0 aliphatic rings. The number of rotatable bonds is 9. The molecule has 3 aromatic carbocycles. The SMILES string of the molecule is O=[N+]([O-])c1cc(C=NNc2nc(Nc3ccccc3)nc(Nc3ccccc3)n2)c(O)c([N+](=O)[O-])c1. The van der Waals surface area contributed by atoms with Crippen LogP contribution >= 0.6 is 0 Å². The molecule has 0 bridgehead atoms. The van der Waals surface area contributed by atoms with E-state index < -0.39 is 27.0 Å². The minimum Gasteiger partial charge on any atom is -0.502 e. The van der Waals surface area contributed by atoms with E-state index in [0.717, 1.165) is 23.7 Å². The molecule has 14 nitrogen and oxygen atoms in total. The second-order valence-corrected chi connectivity index (χ2v) is 7.08. The summed E-state index contributed by atoms with van der Waals surface area (Å²) in [4.78, 5) is 33.3. The molecule has 0 atom stereocenters. The molecule has 36 heavy (non-hydrogen) atoms. The van der Waals surface area contributed by atoms with E-state index in [1.54, 1.807) is 0 Å². The maximum atomic E-state index is 11.1. The van der Waals surface area contributed by atoms with Crippen LogP contribution in [0.1, 0.15) is 5.56 Å². The summed E-state index contributed by atoms with van der Waals surface area (Å²) < 4.78 is 0. The first-order valence-corrected chi connectivity index (χ1v) is 10.2. The second kappa shape index (κ2) is 10.5. The Hall–Kier alpha value is -5.66. The largest absolute Gasteiger partial charge is 0.502 e. The lowest BCUT2D eigenvalue weighted by Gasteiger charge is -2.10. The van der Waals surface area contributed by atoms with Gasteiger partial charge in [0.2, 0.25) is 23.6 Å². The highest BCUT2D eigenvalue weighted by molar-refractivity contribution is 5.87. The highest BCUT2D eigenvalue weighted by atomic mass is 16.6. The number of hydrogen-bond donors (Lipinski definition) is 4. The van der Waals surface area contributed by atoms with Gasteiger partial charge in [0.1, 0.15) is 0 Å². The molecule has 1 aromatic heterocycles. The van der Waals surface area contributed by atoms with Gasteiger partial charge in [-0.15, -0.1) is 0 Å². The van der Waals surface area contributed by atoms with Crippen LogP contribution in [0, 0.1) is 20.2 Å². The number of phenols is 1. The smallest absolute Gasteiger partial charge is 0.318 e. The van der Waals surface area contributed by atoms with E-state index in [1.807, 2.05) is 60.7 Å². The summed E-state index contributed by atoms with van der Waals surface area (Å²) in [5, 5.41) is 42.4. The van der Waals surface area contributed by atoms with Crippen molar-refractivity contribution >= 4 is 46.8 Å². The third kappa shape index (κ3) is 5.82. The van der Waals surface area contributed by atoms with Gasteiger partial charge in [-0.3, -0.25) is 20.2 Å². The van der Waals surface area contributed by atoms with E-state index in [0.29, 0.717) is 6.07 Å². The van der Waals surface area contributed by atoms with Crippen LogP contribution in [-0.4, -0.2) is 36.1 Å². The Balaban J connectivity index is 1.63. The maximum absolute atomic E-state index is 11.1. The van der Waals surface area contributed by atoms with Crippen molar-refractivity contribution in [3.63, 3.8) is 0 Å². The monoisotopic (exact) mass is 487 g/mol. The Labute approximate surface area is 202 Å². The lowest BCUT2D eigenvalue weighted by molar-refractivity contribution is -0.394. The zero-order valence-corrected chi connectivity index (χ0v) is 18.3. The predicted octanol–water partition coefficient (Wildman–Crippen LogP) is 4.33. The van der Waals surface area contributed by atoms with Gasteiger partial charge in [0, 0.05) is 17.4 Å². The number of nitro benzene ring substituents is 2. The van der Waals surface area contributed by atoms with Crippen LogP contribution in [0.3, 0.4) is 0 Å². The average molecular weight is 487 g/mol. The standard InChI is InChI=1S/C22H17N9O5/c32-19-14(11-17(30(33)34)12-18(19)31(35)36)13-23-29-22-27-20(24-15-7-3-1-4-8-15)26-21(28-22)25-16-9-5-2-6-10-16/h1-13,32H,(H3,24,25,26,27,28,29). The predicted molar refractivity (Wildman–Crippen MR) is 132 cm³/mol. The van der Waals surface area contributed by atoms with E-state index in [2.05, 4.69) is 36.1 Å². The van der Waals surface area contributed by atoms with Crippen LogP contribution in [0.2, 0.25) is 0 Å². The van der Waals surface area contributed by atoms with Crippen LogP contribution in [0.4, 0.5) is 40.6 Å². The van der Waals surface area contributed by atoms with E-state index >= 15 is 0 Å². The summed E-state index contributed by atoms with van der Waals surface area (Å²) in [5.41, 5.74) is 2.34. The number of nitrogens with one attached hydrogen (secondary N) is 3. The minimum atomic E-state index is -0.928. The zero-order chi connectivity index (χ0) is 25.5. The summed E-state index contributed by atoms with van der Waals surface area (Å²) in [7, 11) is 0. The Morgan fingerprint density at radius 3 is 1.81 bits per heavy atom. The summed E-state index contributed by atoms with van der Waals surface area (Å²) in [6.07, 6.45) is 0.980. The van der Waals surface area contributed by atoms with Gasteiger partial charge in [0.15, 0.2) is 0 Å². The van der Waals surface area contributed by atoms with Crippen molar-refractivity contribution in [2.24, 2.45) is 5.10 Å². The third-order valence-corrected chi connectivity index (χ3v) is 4.58. The number of aromatic hydroxyl groups is 1. The van der Waals surface area contributed by atoms with E-state index in [9.17, 15) is 25.3 Å². The number of para-hydroxylation sites is 2. The summed E-state index contributed by atoms with van der Waals surface area (Å²) in [6, 6.07) is 19.9. The summed E-state index contributed by atoms with van der Waals surface area (Å²) in [6.45, 7) is 0. The molecule has 0 aliphatic carbocycles. The van der Waals surface area contributed by atoms with Gasteiger partial charge in [-0.25, -0.2) is 5.43 Å². The van der Waals surface area contributed by atoms with Crippen LogP contribution in [0.15, 0.2) is 77.9 Å². The minimum absolute atomic E-state index is 0.0162. The van der Waals surface area contributed by atoms with Crippen molar-refractivity contribution in [3.8, 4) is 5.75 Å². The molecule has 0 amide bonds. The average Bonchev–Trinajstić information content (AvgIpc) is 2.86. The maximum Gasteiger partial charge on any atom is 0.318 e. The van der Waals surface area contributed by atoms with Gasteiger partial charge in [-0.1, -0.05) is 36.4 Å². The van der Waals surface area contributed by atoms with Crippen LogP contribution < -0.4 is 16.1 Å². The summed E-state index contributed by atoms with van der Waals surface area (Å²) in [5.74, 6) is -0.426. The Morgan fingerprint density at radius 1 is 0.778 bits per heavy atom. The number of nitrogens with zero attached hydrogens (tertiary/aromatic N) is 6. The van der Waals surface area contributed by atoms with Crippen molar-refractivity contribution in [1.82, 2.24) is 15.0 Å². The fraction of sp³-hybridized carbons (Fsp3) is 0. The lowest BCUT2D eigenvalue weighted by Crippen LogP contribution is -2.07. The first-order valence-electron chi connectivity index (χ1n) is 10.2. The number of nitro groups is 2. The zero-order valence-electron chi connectivity index (χ0n) is 18.3. The highest BCUT2D eigenvalue weighted by Gasteiger charge is 2.23. The number of aromatic nitrogens is 3. The summed E-state index contributed by atoms with van der Waals surface area (Å²) >= 11 is 0. The fourth-order valence-electron chi connectivity index (χ4n) is 2.97. The molecular formula is C22H17N9O5. The Kier molecular flexibility index (Phi) is 6.86. The molecule has 0 radical (unpaired) electrons. The molecule has 1 heterocycles. The molecule has 0 spiro atoms. The molecule has 4 N–H and O–H groups in total. The van der Waals surface area contributed by atoms with Gasteiger partial charge in [-0.05, 0) is 24.3 Å². The molecule has 180 valence electrons. The lowest BCUT2D eigenvalue weighted by atomic mass is 10.1. The third-order valence-electron chi connectivity index (χ3n) is 4.58. The molecule has 0 unspecified atom stereocenters. The molecule has 0 saturated carbocycles. The van der Waals surface area contributed by atoms with Crippen molar-refractivity contribution < 1.29 is 15.0 Å². The molecule has 0 aliphatic heterocycles. The second-order valence-electron chi connectivity index (χ2n) is 7.08. The van der Waals surface area contributed by atoms with Crippen LogP contribution in [0.25, 0.3) is 0 Å². The van der Waals surface area contributed by atoms with Crippen molar-refractivity contribution in [2.75, 3.05) is 16.1 Å². The van der Waals surface area contributed by atoms with Gasteiger partial charge < -0.3 is 15.7 Å². The fourth-order valence-corrected chi connectivity index (χ4v) is 2.97.